The van der Waals surface area contributed by atoms with Crippen molar-refractivity contribution in [2.45, 2.75) is 32.1 Å². The summed E-state index contributed by atoms with van der Waals surface area (Å²) in [6.07, 6.45) is 7.75. The lowest BCUT2D eigenvalue weighted by Gasteiger charge is -2.39. The van der Waals surface area contributed by atoms with E-state index in [2.05, 4.69) is 5.32 Å². The summed E-state index contributed by atoms with van der Waals surface area (Å²) in [5.74, 6) is -0.357. The lowest BCUT2D eigenvalue weighted by Crippen LogP contribution is -2.47. The average molecular weight is 456 g/mol. The fourth-order valence-electron chi connectivity index (χ4n) is 5.39. The number of benzene rings is 1. The molecule has 0 aromatic heterocycles. The van der Waals surface area contributed by atoms with Crippen molar-refractivity contribution < 1.29 is 23.9 Å². The van der Waals surface area contributed by atoms with Gasteiger partial charge in [-0.15, -0.1) is 0 Å². The van der Waals surface area contributed by atoms with Crippen LogP contribution in [0.5, 0.6) is 5.75 Å². The Hall–Kier alpha value is -3.03. The van der Waals surface area contributed by atoms with Gasteiger partial charge in [0, 0.05) is 26.2 Å². The molecular formula is C25H33N3O5. The zero-order valence-electron chi connectivity index (χ0n) is 19.4. The third-order valence-corrected chi connectivity index (χ3v) is 7.46. The molecule has 2 aliphatic heterocycles. The Kier molecular flexibility index (Phi) is 6.91. The van der Waals surface area contributed by atoms with Gasteiger partial charge in [-0.25, -0.2) is 4.79 Å². The number of likely N-dealkylation sites (tertiary alicyclic amines) is 2. The molecule has 4 rings (SSSR count). The SMILES string of the molecule is COC(=O)C1CC=CCC1C(=O)N1CCC2(CCN(C(=O)Nc3ccccc3OC)CC2)C1. The maximum Gasteiger partial charge on any atom is 0.321 e. The Labute approximate surface area is 194 Å². The molecule has 1 aliphatic carbocycles. The van der Waals surface area contributed by atoms with E-state index in [0.29, 0.717) is 50.5 Å². The fraction of sp³-hybridized carbons (Fsp3) is 0.560. The van der Waals surface area contributed by atoms with Crippen LogP contribution in [0.2, 0.25) is 0 Å². The number of rotatable bonds is 4. The van der Waals surface area contributed by atoms with E-state index < -0.39 is 5.92 Å². The third-order valence-electron chi connectivity index (χ3n) is 7.46. The number of urea groups is 1. The number of carbonyl (C=O) groups is 3. The van der Waals surface area contributed by atoms with Gasteiger partial charge >= 0.3 is 12.0 Å². The Morgan fingerprint density at radius 3 is 2.24 bits per heavy atom. The second-order valence-corrected chi connectivity index (χ2v) is 9.31. The van der Waals surface area contributed by atoms with E-state index in [4.69, 9.17) is 9.47 Å². The van der Waals surface area contributed by atoms with Gasteiger partial charge in [0.05, 0.1) is 31.7 Å². The van der Waals surface area contributed by atoms with E-state index in [-0.39, 0.29) is 29.2 Å². The molecule has 2 unspecified atom stereocenters. The molecule has 3 amide bonds. The predicted octanol–water partition coefficient (Wildman–Crippen LogP) is 3.30. The number of nitrogens with zero attached hydrogens (tertiary/aromatic N) is 2. The number of nitrogens with one attached hydrogen (secondary N) is 1. The van der Waals surface area contributed by atoms with Crippen LogP contribution in [0.3, 0.4) is 0 Å². The normalized spacial score (nSPS) is 23.9. The highest BCUT2D eigenvalue weighted by molar-refractivity contribution is 5.91. The summed E-state index contributed by atoms with van der Waals surface area (Å²) < 4.78 is 10.3. The maximum atomic E-state index is 13.3. The van der Waals surface area contributed by atoms with Crippen molar-refractivity contribution in [3.8, 4) is 5.75 Å². The summed E-state index contributed by atoms with van der Waals surface area (Å²) >= 11 is 0. The highest BCUT2D eigenvalue weighted by Gasteiger charge is 2.45. The Morgan fingerprint density at radius 2 is 1.58 bits per heavy atom. The van der Waals surface area contributed by atoms with Crippen molar-refractivity contribution in [1.29, 1.82) is 0 Å². The van der Waals surface area contributed by atoms with E-state index >= 15 is 0 Å². The molecule has 33 heavy (non-hydrogen) atoms. The number of allylic oxidation sites excluding steroid dienone is 2. The fourth-order valence-corrected chi connectivity index (χ4v) is 5.39. The van der Waals surface area contributed by atoms with Gasteiger partial charge in [0.25, 0.3) is 0 Å². The van der Waals surface area contributed by atoms with Crippen LogP contribution in [-0.4, -0.2) is 68.1 Å². The number of amides is 3. The van der Waals surface area contributed by atoms with Crippen molar-refractivity contribution in [3.63, 3.8) is 0 Å². The molecule has 1 N–H and O–H groups in total. The van der Waals surface area contributed by atoms with Crippen LogP contribution in [0.25, 0.3) is 0 Å². The molecule has 8 heteroatoms. The molecule has 8 nitrogen and oxygen atoms in total. The van der Waals surface area contributed by atoms with Gasteiger partial charge in [-0.2, -0.15) is 0 Å². The topological polar surface area (TPSA) is 88.2 Å². The summed E-state index contributed by atoms with van der Waals surface area (Å²) in [4.78, 5) is 42.0. The number of esters is 1. The second kappa shape index (κ2) is 9.85. The van der Waals surface area contributed by atoms with Crippen molar-refractivity contribution in [2.75, 3.05) is 45.7 Å². The molecular weight excluding hydrogens is 422 g/mol. The van der Waals surface area contributed by atoms with Crippen molar-refractivity contribution in [2.24, 2.45) is 17.3 Å². The number of hydrogen-bond acceptors (Lipinski definition) is 5. The van der Waals surface area contributed by atoms with Crippen LogP contribution in [0.15, 0.2) is 36.4 Å². The molecule has 0 bridgehead atoms. The Balaban J connectivity index is 1.33. The van der Waals surface area contributed by atoms with E-state index in [1.54, 1.807) is 7.11 Å². The highest BCUT2D eigenvalue weighted by Crippen LogP contribution is 2.42. The molecule has 1 spiro atoms. The molecule has 2 saturated heterocycles. The molecule has 0 radical (unpaired) electrons. The summed E-state index contributed by atoms with van der Waals surface area (Å²) in [6, 6.07) is 7.24. The summed E-state index contributed by atoms with van der Waals surface area (Å²) in [6.45, 7) is 2.71. The number of para-hydroxylation sites is 2. The standard InChI is InChI=1S/C25H33N3O5/c1-32-21-10-6-5-9-20(21)26-24(31)27-14-11-25(12-15-27)13-16-28(17-25)22(29)18-7-3-4-8-19(18)23(30)33-2/h3-6,9-10,18-19H,7-8,11-17H2,1-2H3,(H,26,31). The molecule has 178 valence electrons. The van der Waals surface area contributed by atoms with Gasteiger partial charge in [-0.05, 0) is 49.7 Å². The summed E-state index contributed by atoms with van der Waals surface area (Å²) in [5, 5.41) is 2.95. The van der Waals surface area contributed by atoms with Gasteiger partial charge in [0.2, 0.25) is 5.91 Å². The van der Waals surface area contributed by atoms with E-state index in [0.717, 1.165) is 19.3 Å². The Bertz CT molecular complexity index is 922. The zero-order valence-corrected chi connectivity index (χ0v) is 19.4. The van der Waals surface area contributed by atoms with Crippen molar-refractivity contribution >= 4 is 23.6 Å². The number of piperidine rings is 1. The molecule has 3 aliphatic rings. The largest absolute Gasteiger partial charge is 0.495 e. The minimum atomic E-state index is -0.399. The van der Waals surface area contributed by atoms with Crippen LogP contribution in [-0.2, 0) is 14.3 Å². The van der Waals surface area contributed by atoms with Crippen LogP contribution < -0.4 is 10.1 Å². The minimum Gasteiger partial charge on any atom is -0.495 e. The van der Waals surface area contributed by atoms with Gasteiger partial charge in [0.15, 0.2) is 0 Å². The first kappa shape index (κ1) is 23.1. The molecule has 2 atom stereocenters. The van der Waals surface area contributed by atoms with Gasteiger partial charge in [-0.3, -0.25) is 9.59 Å². The summed E-state index contributed by atoms with van der Waals surface area (Å²) in [7, 11) is 2.96. The van der Waals surface area contributed by atoms with Crippen LogP contribution >= 0.6 is 0 Å². The second-order valence-electron chi connectivity index (χ2n) is 9.31. The molecule has 0 saturated carbocycles. The number of methoxy groups -OCH3 is 2. The van der Waals surface area contributed by atoms with E-state index in [1.807, 2.05) is 46.2 Å². The van der Waals surface area contributed by atoms with Gasteiger partial charge in [0.1, 0.15) is 5.75 Å². The van der Waals surface area contributed by atoms with Crippen LogP contribution in [0.4, 0.5) is 10.5 Å². The predicted molar refractivity (Wildman–Crippen MR) is 124 cm³/mol. The maximum absolute atomic E-state index is 13.3. The van der Waals surface area contributed by atoms with Gasteiger partial charge in [-0.1, -0.05) is 24.3 Å². The number of hydrogen-bond donors (Lipinski definition) is 1. The van der Waals surface area contributed by atoms with Gasteiger partial charge < -0.3 is 24.6 Å². The lowest BCUT2D eigenvalue weighted by molar-refractivity contribution is -0.153. The van der Waals surface area contributed by atoms with Crippen LogP contribution in [0.1, 0.15) is 32.1 Å². The quantitative estimate of drug-likeness (QED) is 0.556. The minimum absolute atomic E-state index is 0.0438. The first-order valence-corrected chi connectivity index (χ1v) is 11.7. The van der Waals surface area contributed by atoms with Crippen molar-refractivity contribution in [1.82, 2.24) is 9.80 Å². The smallest absolute Gasteiger partial charge is 0.321 e. The van der Waals surface area contributed by atoms with E-state index in [9.17, 15) is 14.4 Å². The zero-order chi connectivity index (χ0) is 23.4. The van der Waals surface area contributed by atoms with E-state index in [1.165, 1.54) is 7.11 Å². The Morgan fingerprint density at radius 1 is 0.939 bits per heavy atom. The third kappa shape index (κ3) is 4.84. The number of ether oxygens (including phenoxy) is 2. The molecule has 2 fully saturated rings. The van der Waals surface area contributed by atoms with Crippen LogP contribution in [0, 0.1) is 17.3 Å². The number of carbonyl (C=O) groups excluding carboxylic acids is 3. The number of anilines is 1. The first-order valence-electron chi connectivity index (χ1n) is 11.7. The first-order chi connectivity index (χ1) is 16.0. The van der Waals surface area contributed by atoms with Crippen molar-refractivity contribution in [3.05, 3.63) is 36.4 Å². The average Bonchev–Trinajstić information content (AvgIpc) is 3.27. The molecule has 1 aromatic carbocycles. The molecule has 1 aromatic rings. The monoisotopic (exact) mass is 455 g/mol. The molecule has 2 heterocycles. The summed E-state index contributed by atoms with van der Waals surface area (Å²) in [5.41, 5.74) is 0.701. The highest BCUT2D eigenvalue weighted by atomic mass is 16.5. The lowest BCUT2D eigenvalue weighted by atomic mass is 9.77.